The van der Waals surface area contributed by atoms with Crippen molar-refractivity contribution in [3.05, 3.63) is 94.5 Å². The van der Waals surface area contributed by atoms with Gasteiger partial charge in [-0.15, -0.1) is 0 Å². The van der Waals surface area contributed by atoms with Gasteiger partial charge in [-0.3, -0.25) is 14.6 Å². The van der Waals surface area contributed by atoms with Gasteiger partial charge < -0.3 is 4.74 Å². The third-order valence-electron chi connectivity index (χ3n) is 6.71. The highest BCUT2D eigenvalue weighted by atomic mass is 35.5. The fraction of sp³-hybridized carbons (Fsp3) is 0.310. The highest BCUT2D eigenvalue weighted by molar-refractivity contribution is 7.22. The van der Waals surface area contributed by atoms with E-state index < -0.39 is 5.92 Å². The third kappa shape index (κ3) is 5.47. The topological polar surface area (TPSA) is 45.7 Å². The summed E-state index contributed by atoms with van der Waals surface area (Å²) in [6.45, 7) is 6.90. The van der Waals surface area contributed by atoms with Crippen LogP contribution in [0.3, 0.4) is 0 Å². The minimum Gasteiger partial charge on any atom is -0.379 e. The van der Waals surface area contributed by atoms with E-state index in [-0.39, 0.29) is 5.91 Å². The van der Waals surface area contributed by atoms with Crippen LogP contribution in [0.4, 0.5) is 5.13 Å². The Balaban J connectivity index is 1.50. The zero-order valence-electron chi connectivity index (χ0n) is 20.4. The predicted octanol–water partition coefficient (Wildman–Crippen LogP) is 6.15. The standard InChI is InChI=1S/C29H30ClN3O2S/c1-21-24(30)13-14-25-27(21)31-29(36-25)33(16-8-15-32-17-19-35-20-18-32)28(34)26(22-9-4-2-5-10-22)23-11-6-3-7-12-23/h2-7,9-14,26H,8,15-20H2,1H3. The van der Waals surface area contributed by atoms with Gasteiger partial charge in [0.15, 0.2) is 5.13 Å². The molecule has 5 rings (SSSR count). The smallest absolute Gasteiger partial charge is 0.240 e. The molecule has 0 spiro atoms. The summed E-state index contributed by atoms with van der Waals surface area (Å²) in [5.41, 5.74) is 3.77. The number of ether oxygens (including phenoxy) is 1. The first-order valence-corrected chi connectivity index (χ1v) is 13.6. The number of anilines is 1. The third-order valence-corrected chi connectivity index (χ3v) is 8.16. The number of aromatic nitrogens is 1. The number of halogens is 1. The molecule has 1 aliphatic rings. The number of hydrogen-bond acceptors (Lipinski definition) is 5. The van der Waals surface area contributed by atoms with Crippen molar-refractivity contribution in [2.24, 2.45) is 0 Å². The highest BCUT2D eigenvalue weighted by Crippen LogP contribution is 2.36. The van der Waals surface area contributed by atoms with Crippen LogP contribution in [0.2, 0.25) is 5.02 Å². The summed E-state index contributed by atoms with van der Waals surface area (Å²) in [7, 11) is 0. The van der Waals surface area contributed by atoms with E-state index in [1.54, 1.807) is 11.3 Å². The summed E-state index contributed by atoms with van der Waals surface area (Å²) < 4.78 is 6.53. The lowest BCUT2D eigenvalue weighted by molar-refractivity contribution is -0.119. The summed E-state index contributed by atoms with van der Waals surface area (Å²) in [4.78, 5) is 23.6. The van der Waals surface area contributed by atoms with Crippen molar-refractivity contribution >= 4 is 44.2 Å². The van der Waals surface area contributed by atoms with E-state index >= 15 is 0 Å². The summed E-state index contributed by atoms with van der Waals surface area (Å²) in [6.07, 6.45) is 0.859. The minimum atomic E-state index is -0.410. The molecule has 2 heterocycles. The van der Waals surface area contributed by atoms with Crippen molar-refractivity contribution < 1.29 is 9.53 Å². The van der Waals surface area contributed by atoms with Gasteiger partial charge in [0.05, 0.1) is 29.3 Å². The molecule has 186 valence electrons. The molecule has 1 amide bonds. The maximum absolute atomic E-state index is 14.4. The van der Waals surface area contributed by atoms with Gasteiger partial charge >= 0.3 is 0 Å². The molecule has 1 aliphatic heterocycles. The van der Waals surface area contributed by atoms with E-state index in [2.05, 4.69) is 4.90 Å². The molecule has 0 N–H and O–H groups in total. The molecular weight excluding hydrogens is 490 g/mol. The van der Waals surface area contributed by atoms with Crippen LogP contribution in [0.15, 0.2) is 72.8 Å². The molecule has 1 aromatic heterocycles. The number of benzene rings is 3. The molecule has 1 fully saturated rings. The lowest BCUT2D eigenvalue weighted by atomic mass is 9.90. The average molecular weight is 520 g/mol. The molecule has 0 radical (unpaired) electrons. The van der Waals surface area contributed by atoms with Crippen molar-refractivity contribution in [1.29, 1.82) is 0 Å². The van der Waals surface area contributed by atoms with Crippen LogP contribution in [-0.2, 0) is 9.53 Å². The average Bonchev–Trinajstić information content (AvgIpc) is 3.35. The summed E-state index contributed by atoms with van der Waals surface area (Å²) in [5.74, 6) is -0.371. The van der Waals surface area contributed by atoms with Gasteiger partial charge in [-0.05, 0) is 42.2 Å². The Kier molecular flexibility index (Phi) is 7.97. The van der Waals surface area contributed by atoms with Gasteiger partial charge in [0.1, 0.15) is 0 Å². The molecular formula is C29H30ClN3O2S. The molecule has 5 nitrogen and oxygen atoms in total. The second-order valence-corrected chi connectivity index (χ2v) is 10.5. The highest BCUT2D eigenvalue weighted by Gasteiger charge is 2.30. The number of amides is 1. The normalized spacial score (nSPS) is 14.4. The Hall–Kier alpha value is -2.77. The lowest BCUT2D eigenvalue weighted by Gasteiger charge is -2.29. The van der Waals surface area contributed by atoms with Crippen LogP contribution in [0.1, 0.15) is 29.0 Å². The van der Waals surface area contributed by atoms with E-state index in [9.17, 15) is 4.79 Å². The second-order valence-electron chi connectivity index (χ2n) is 9.07. The van der Waals surface area contributed by atoms with Crippen molar-refractivity contribution in [2.45, 2.75) is 19.3 Å². The number of aryl methyl sites for hydroxylation is 1. The lowest BCUT2D eigenvalue weighted by Crippen LogP contribution is -2.40. The first-order valence-electron chi connectivity index (χ1n) is 12.4. The van der Waals surface area contributed by atoms with E-state index in [0.29, 0.717) is 11.6 Å². The monoisotopic (exact) mass is 519 g/mol. The van der Waals surface area contributed by atoms with Crippen molar-refractivity contribution in [3.8, 4) is 0 Å². The number of thiazole rings is 1. The number of nitrogens with zero attached hydrogens (tertiary/aromatic N) is 3. The zero-order valence-corrected chi connectivity index (χ0v) is 22.0. The maximum atomic E-state index is 14.4. The quantitative estimate of drug-likeness (QED) is 0.280. The van der Waals surface area contributed by atoms with Gasteiger partial charge in [0, 0.05) is 31.2 Å². The predicted molar refractivity (Wildman–Crippen MR) is 148 cm³/mol. The zero-order chi connectivity index (χ0) is 24.9. The van der Waals surface area contributed by atoms with Crippen molar-refractivity contribution in [2.75, 3.05) is 44.3 Å². The van der Waals surface area contributed by atoms with E-state index in [4.69, 9.17) is 21.3 Å². The maximum Gasteiger partial charge on any atom is 0.240 e. The SMILES string of the molecule is Cc1c(Cl)ccc2sc(N(CCCN3CCOCC3)C(=O)C(c3ccccc3)c3ccccc3)nc12. The molecule has 0 bridgehead atoms. The van der Waals surface area contributed by atoms with Crippen LogP contribution in [0.25, 0.3) is 10.2 Å². The van der Waals surface area contributed by atoms with Gasteiger partial charge in [-0.25, -0.2) is 4.98 Å². The number of hydrogen-bond donors (Lipinski definition) is 0. The first kappa shape index (κ1) is 24.9. The van der Waals surface area contributed by atoms with Crippen molar-refractivity contribution in [3.63, 3.8) is 0 Å². The Morgan fingerprint density at radius 3 is 2.31 bits per heavy atom. The molecule has 36 heavy (non-hydrogen) atoms. The summed E-state index contributed by atoms with van der Waals surface area (Å²) >= 11 is 7.94. The molecule has 3 aromatic carbocycles. The summed E-state index contributed by atoms with van der Waals surface area (Å²) in [5, 5.41) is 1.41. The van der Waals surface area contributed by atoms with Crippen LogP contribution >= 0.6 is 22.9 Å². The number of morpholine rings is 1. The minimum absolute atomic E-state index is 0.0391. The molecule has 0 atom stereocenters. The van der Waals surface area contributed by atoms with Crippen LogP contribution in [0, 0.1) is 6.92 Å². The first-order chi connectivity index (χ1) is 17.6. The number of rotatable bonds is 8. The van der Waals surface area contributed by atoms with Crippen molar-refractivity contribution in [1.82, 2.24) is 9.88 Å². The van der Waals surface area contributed by atoms with Crippen LogP contribution in [-0.4, -0.2) is 55.2 Å². The molecule has 0 unspecified atom stereocenters. The largest absolute Gasteiger partial charge is 0.379 e. The number of fused-ring (bicyclic) bond motifs is 1. The molecule has 0 aliphatic carbocycles. The Labute approximate surface area is 221 Å². The second kappa shape index (κ2) is 11.5. The Morgan fingerprint density at radius 1 is 1.03 bits per heavy atom. The molecule has 1 saturated heterocycles. The Morgan fingerprint density at radius 2 is 1.67 bits per heavy atom. The fourth-order valence-corrected chi connectivity index (χ4v) is 5.92. The van der Waals surface area contributed by atoms with Gasteiger partial charge in [-0.2, -0.15) is 0 Å². The van der Waals surface area contributed by atoms with Gasteiger partial charge in [-0.1, -0.05) is 83.6 Å². The van der Waals surface area contributed by atoms with E-state index in [1.165, 1.54) is 0 Å². The van der Waals surface area contributed by atoms with E-state index in [0.717, 1.165) is 71.3 Å². The molecule has 0 saturated carbocycles. The summed E-state index contributed by atoms with van der Waals surface area (Å²) in [6, 6.07) is 24.0. The molecule has 7 heteroatoms. The van der Waals surface area contributed by atoms with Gasteiger partial charge in [0.2, 0.25) is 5.91 Å². The number of carbonyl (C=O) groups excluding carboxylic acids is 1. The molecule has 4 aromatic rings. The number of carbonyl (C=O) groups is 1. The van der Waals surface area contributed by atoms with E-state index in [1.807, 2.05) is 84.6 Å². The Bertz CT molecular complexity index is 1270. The fourth-order valence-electron chi connectivity index (χ4n) is 4.71. The van der Waals surface area contributed by atoms with Crippen LogP contribution < -0.4 is 4.90 Å². The van der Waals surface area contributed by atoms with Crippen LogP contribution in [0.5, 0.6) is 0 Å². The van der Waals surface area contributed by atoms with Gasteiger partial charge in [0.25, 0.3) is 0 Å².